The number of carbonyl (C=O) groups is 2. The lowest BCUT2D eigenvalue weighted by molar-refractivity contribution is -0.139. The third-order valence-corrected chi connectivity index (χ3v) is 2.67. The second kappa shape index (κ2) is 6.48. The number of carboxylic acids is 1. The molecule has 8 heteroatoms. The number of Topliss-reactive ketones (excluding diaryl/α,β-unsaturated/α-hetero) is 1. The largest absolute Gasteiger partial charge is 0.481 e. The molecule has 0 aliphatic heterocycles. The highest BCUT2D eigenvalue weighted by molar-refractivity contribution is 7.85. The van der Waals surface area contributed by atoms with Gasteiger partial charge in [-0.1, -0.05) is 12.2 Å². The molecule has 0 fully saturated rings. The van der Waals surface area contributed by atoms with Crippen molar-refractivity contribution in [2.75, 3.05) is 5.75 Å². The third-order valence-electron chi connectivity index (χ3n) is 1.95. The molecule has 0 aromatic carbocycles. The van der Waals surface area contributed by atoms with Gasteiger partial charge in [-0.05, 0) is 6.42 Å². The molecule has 0 amide bonds. The molecule has 98 valence electrons. The van der Waals surface area contributed by atoms with E-state index in [0.29, 0.717) is 0 Å². The van der Waals surface area contributed by atoms with Crippen LogP contribution < -0.4 is 5.73 Å². The minimum atomic E-state index is -4.09. The lowest BCUT2D eigenvalue weighted by Gasteiger charge is -2.09. The summed E-state index contributed by atoms with van der Waals surface area (Å²) < 4.78 is 29.3. The number of carboxylic acid groups (broad SMARTS) is 1. The Bertz CT molecular complexity index is 413. The molecule has 0 aromatic heterocycles. The molecule has 0 aliphatic carbocycles. The van der Waals surface area contributed by atoms with E-state index in [1.54, 1.807) is 0 Å². The normalized spacial score (nSPS) is 13.1. The number of rotatable bonds is 8. The van der Waals surface area contributed by atoms with Gasteiger partial charge in [0.2, 0.25) is 0 Å². The van der Waals surface area contributed by atoms with E-state index in [4.69, 9.17) is 15.4 Å². The van der Waals surface area contributed by atoms with E-state index < -0.39 is 40.1 Å². The van der Waals surface area contributed by atoms with E-state index in [1.165, 1.54) is 0 Å². The summed E-state index contributed by atoms with van der Waals surface area (Å²) >= 11 is 0. The molecule has 0 saturated carbocycles. The predicted molar refractivity (Wildman–Crippen MR) is 60.0 cm³/mol. The Labute approximate surface area is 99.1 Å². The van der Waals surface area contributed by atoms with Gasteiger partial charge in [-0.15, -0.1) is 0 Å². The van der Waals surface area contributed by atoms with Gasteiger partial charge in [0.05, 0.1) is 18.2 Å². The quantitative estimate of drug-likeness (QED) is 0.400. The second-order valence-electron chi connectivity index (χ2n) is 3.63. The second-order valence-corrected chi connectivity index (χ2v) is 5.21. The average molecular weight is 265 g/mol. The summed E-state index contributed by atoms with van der Waals surface area (Å²) in [6.45, 7) is 3.46. The predicted octanol–water partition coefficient (Wildman–Crippen LogP) is -0.418. The molecule has 17 heavy (non-hydrogen) atoms. The maximum atomic E-state index is 11.4. The van der Waals surface area contributed by atoms with E-state index in [0.717, 1.165) is 0 Å². The number of ketones is 1. The van der Waals surface area contributed by atoms with Gasteiger partial charge >= 0.3 is 5.97 Å². The van der Waals surface area contributed by atoms with Gasteiger partial charge in [-0.3, -0.25) is 14.1 Å². The summed E-state index contributed by atoms with van der Waals surface area (Å²) in [4.78, 5) is 21.6. The molecule has 0 saturated heterocycles. The zero-order chi connectivity index (χ0) is 13.6. The summed E-state index contributed by atoms with van der Waals surface area (Å²) in [5.41, 5.74) is 5.59. The van der Waals surface area contributed by atoms with Crippen LogP contribution in [-0.2, 0) is 19.7 Å². The van der Waals surface area contributed by atoms with Crippen molar-refractivity contribution in [1.29, 1.82) is 0 Å². The van der Waals surface area contributed by atoms with Gasteiger partial charge < -0.3 is 10.8 Å². The van der Waals surface area contributed by atoms with E-state index in [9.17, 15) is 18.0 Å². The first-order valence-corrected chi connectivity index (χ1v) is 6.34. The van der Waals surface area contributed by atoms with E-state index in [-0.39, 0.29) is 18.4 Å². The van der Waals surface area contributed by atoms with Gasteiger partial charge in [0.1, 0.15) is 0 Å². The van der Waals surface area contributed by atoms with Crippen LogP contribution in [0.5, 0.6) is 0 Å². The summed E-state index contributed by atoms with van der Waals surface area (Å²) in [6, 6.07) is -1.13. The molecule has 1 unspecified atom stereocenters. The highest BCUT2D eigenvalue weighted by Crippen LogP contribution is 2.08. The van der Waals surface area contributed by atoms with Crippen molar-refractivity contribution in [3.63, 3.8) is 0 Å². The molecule has 0 heterocycles. The SMILES string of the molecule is C=C(CCS(=O)(=O)O)CC(=O)C(N)CC(=O)O. The van der Waals surface area contributed by atoms with Crippen LogP contribution in [0, 0.1) is 0 Å². The highest BCUT2D eigenvalue weighted by atomic mass is 32.2. The van der Waals surface area contributed by atoms with Crippen LogP contribution in [-0.4, -0.2) is 41.6 Å². The fraction of sp³-hybridized carbons (Fsp3) is 0.556. The molecule has 4 N–H and O–H groups in total. The molecule has 0 aliphatic rings. The van der Waals surface area contributed by atoms with Crippen LogP contribution in [0.4, 0.5) is 0 Å². The van der Waals surface area contributed by atoms with Crippen molar-refractivity contribution in [3.8, 4) is 0 Å². The minimum Gasteiger partial charge on any atom is -0.481 e. The maximum Gasteiger partial charge on any atom is 0.305 e. The Morgan fingerprint density at radius 1 is 1.35 bits per heavy atom. The van der Waals surface area contributed by atoms with Crippen molar-refractivity contribution in [2.45, 2.75) is 25.3 Å². The summed E-state index contributed by atoms with van der Waals surface area (Å²) in [5, 5.41) is 8.41. The van der Waals surface area contributed by atoms with Crippen molar-refractivity contribution < 1.29 is 27.7 Å². The summed E-state index contributed by atoms with van der Waals surface area (Å²) in [5.74, 6) is -2.23. The summed E-state index contributed by atoms with van der Waals surface area (Å²) in [7, 11) is -4.09. The molecule has 7 nitrogen and oxygen atoms in total. The zero-order valence-corrected chi connectivity index (χ0v) is 9.94. The van der Waals surface area contributed by atoms with Crippen LogP contribution >= 0.6 is 0 Å². The molecular formula is C9H15NO6S. The van der Waals surface area contributed by atoms with Gasteiger partial charge in [-0.25, -0.2) is 0 Å². The molecule has 0 spiro atoms. The van der Waals surface area contributed by atoms with Crippen molar-refractivity contribution in [2.24, 2.45) is 5.73 Å². The minimum absolute atomic E-state index is 0.0651. The smallest absolute Gasteiger partial charge is 0.305 e. The Morgan fingerprint density at radius 2 is 1.88 bits per heavy atom. The van der Waals surface area contributed by atoms with Gasteiger partial charge in [0.25, 0.3) is 10.1 Å². The fourth-order valence-electron chi connectivity index (χ4n) is 1.04. The van der Waals surface area contributed by atoms with Crippen LogP contribution in [0.2, 0.25) is 0 Å². The molecule has 1 atom stereocenters. The first kappa shape index (κ1) is 15.8. The van der Waals surface area contributed by atoms with Gasteiger partial charge in [0.15, 0.2) is 5.78 Å². The monoisotopic (exact) mass is 265 g/mol. The Balaban J connectivity index is 4.12. The lowest BCUT2D eigenvalue weighted by Crippen LogP contribution is -2.33. The number of allylic oxidation sites excluding steroid dienone is 1. The molecule has 0 rings (SSSR count). The third kappa shape index (κ3) is 8.55. The van der Waals surface area contributed by atoms with E-state index in [1.807, 2.05) is 0 Å². The molecule has 0 bridgehead atoms. The Hall–Kier alpha value is -1.25. The summed E-state index contributed by atoms with van der Waals surface area (Å²) in [6.07, 6.45) is -0.737. The Morgan fingerprint density at radius 3 is 2.29 bits per heavy atom. The van der Waals surface area contributed by atoms with E-state index >= 15 is 0 Å². The first-order valence-electron chi connectivity index (χ1n) is 4.73. The fourth-order valence-corrected chi connectivity index (χ4v) is 1.59. The molecule has 0 radical (unpaired) electrons. The van der Waals surface area contributed by atoms with Crippen LogP contribution in [0.25, 0.3) is 0 Å². The number of aliphatic carboxylic acids is 1. The van der Waals surface area contributed by atoms with Crippen molar-refractivity contribution in [3.05, 3.63) is 12.2 Å². The average Bonchev–Trinajstić information content (AvgIpc) is 2.12. The topological polar surface area (TPSA) is 135 Å². The van der Waals surface area contributed by atoms with Crippen LogP contribution in [0.3, 0.4) is 0 Å². The van der Waals surface area contributed by atoms with Crippen LogP contribution in [0.15, 0.2) is 12.2 Å². The lowest BCUT2D eigenvalue weighted by atomic mass is 10.0. The molecular weight excluding hydrogens is 250 g/mol. The number of nitrogens with two attached hydrogens (primary N) is 1. The van der Waals surface area contributed by atoms with Gasteiger partial charge in [0, 0.05) is 6.42 Å². The van der Waals surface area contributed by atoms with Crippen molar-refractivity contribution in [1.82, 2.24) is 0 Å². The maximum absolute atomic E-state index is 11.4. The van der Waals surface area contributed by atoms with Crippen molar-refractivity contribution >= 4 is 21.9 Å². The Kier molecular flexibility index (Phi) is 6.00. The number of hydrogen-bond acceptors (Lipinski definition) is 5. The van der Waals surface area contributed by atoms with Crippen LogP contribution in [0.1, 0.15) is 19.3 Å². The van der Waals surface area contributed by atoms with E-state index in [2.05, 4.69) is 6.58 Å². The number of carbonyl (C=O) groups excluding carboxylic acids is 1. The number of hydrogen-bond donors (Lipinski definition) is 3. The first-order chi connectivity index (χ1) is 7.61. The standard InChI is InChI=1S/C9H15NO6S/c1-6(2-3-17(14,15)16)4-8(11)7(10)5-9(12)13/h7H,1-5,10H2,(H,12,13)(H,14,15,16). The van der Waals surface area contributed by atoms with Gasteiger partial charge in [-0.2, -0.15) is 8.42 Å². The molecule has 0 aromatic rings. The highest BCUT2D eigenvalue weighted by Gasteiger charge is 2.18. The zero-order valence-electron chi connectivity index (χ0n) is 9.13.